The van der Waals surface area contributed by atoms with Crippen molar-refractivity contribution in [1.29, 1.82) is 0 Å². The van der Waals surface area contributed by atoms with Crippen molar-refractivity contribution in [2.75, 3.05) is 17.7 Å². The SMILES string of the molecule is COc1ccc(CNc2cccc(NC(C)=O)c2)cn1. The topological polar surface area (TPSA) is 63.2 Å². The number of rotatable bonds is 5. The maximum Gasteiger partial charge on any atom is 0.221 e. The van der Waals surface area contributed by atoms with Crippen LogP contribution in [0, 0.1) is 0 Å². The summed E-state index contributed by atoms with van der Waals surface area (Å²) in [5, 5.41) is 6.03. The molecular weight excluding hydrogens is 254 g/mol. The third-order valence-corrected chi connectivity index (χ3v) is 2.69. The van der Waals surface area contributed by atoms with Gasteiger partial charge in [0.15, 0.2) is 0 Å². The zero-order chi connectivity index (χ0) is 14.4. The lowest BCUT2D eigenvalue weighted by molar-refractivity contribution is -0.114. The van der Waals surface area contributed by atoms with Gasteiger partial charge in [-0.05, 0) is 23.8 Å². The molecule has 104 valence electrons. The van der Waals surface area contributed by atoms with Crippen LogP contribution < -0.4 is 15.4 Å². The second-order valence-electron chi connectivity index (χ2n) is 4.32. The Morgan fingerprint density at radius 1 is 1.25 bits per heavy atom. The first-order chi connectivity index (χ1) is 9.67. The number of nitrogens with one attached hydrogen (secondary N) is 2. The van der Waals surface area contributed by atoms with Gasteiger partial charge in [0.1, 0.15) is 0 Å². The monoisotopic (exact) mass is 271 g/mol. The van der Waals surface area contributed by atoms with Crippen molar-refractivity contribution in [2.24, 2.45) is 0 Å². The zero-order valence-corrected chi connectivity index (χ0v) is 11.5. The van der Waals surface area contributed by atoms with Crippen LogP contribution in [-0.4, -0.2) is 18.0 Å². The van der Waals surface area contributed by atoms with Crippen LogP contribution in [0.15, 0.2) is 42.6 Å². The highest BCUT2D eigenvalue weighted by molar-refractivity contribution is 5.89. The summed E-state index contributed by atoms with van der Waals surface area (Å²) in [6.45, 7) is 2.14. The maximum absolute atomic E-state index is 11.0. The smallest absolute Gasteiger partial charge is 0.221 e. The van der Waals surface area contributed by atoms with Gasteiger partial charge in [-0.15, -0.1) is 0 Å². The molecule has 0 atom stereocenters. The standard InChI is InChI=1S/C15H17N3O2/c1-11(19)18-14-5-3-4-13(8-14)16-9-12-6-7-15(20-2)17-10-12/h3-8,10,16H,9H2,1-2H3,(H,18,19). The van der Waals surface area contributed by atoms with Gasteiger partial charge in [0.2, 0.25) is 11.8 Å². The second kappa shape index (κ2) is 6.56. The Morgan fingerprint density at radius 2 is 2.05 bits per heavy atom. The maximum atomic E-state index is 11.0. The van der Waals surface area contributed by atoms with Crippen LogP contribution in [0.2, 0.25) is 0 Å². The van der Waals surface area contributed by atoms with Gasteiger partial charge in [-0.1, -0.05) is 12.1 Å². The average molecular weight is 271 g/mol. The van der Waals surface area contributed by atoms with E-state index >= 15 is 0 Å². The Labute approximate surface area is 118 Å². The normalized spacial score (nSPS) is 9.90. The molecule has 1 aromatic carbocycles. The number of carbonyl (C=O) groups is 1. The first-order valence-electron chi connectivity index (χ1n) is 6.28. The third-order valence-electron chi connectivity index (χ3n) is 2.69. The molecule has 0 aliphatic rings. The molecule has 20 heavy (non-hydrogen) atoms. The van der Waals surface area contributed by atoms with Gasteiger partial charge in [0, 0.05) is 37.1 Å². The number of methoxy groups -OCH3 is 1. The molecule has 5 nitrogen and oxygen atoms in total. The van der Waals surface area contributed by atoms with Gasteiger partial charge in [-0.2, -0.15) is 0 Å². The molecule has 2 N–H and O–H groups in total. The highest BCUT2D eigenvalue weighted by Crippen LogP contribution is 2.16. The van der Waals surface area contributed by atoms with E-state index in [1.807, 2.05) is 36.4 Å². The van der Waals surface area contributed by atoms with Crippen LogP contribution in [0.25, 0.3) is 0 Å². The predicted molar refractivity (Wildman–Crippen MR) is 78.9 cm³/mol. The first kappa shape index (κ1) is 13.9. The number of hydrogen-bond acceptors (Lipinski definition) is 4. The first-order valence-corrected chi connectivity index (χ1v) is 6.28. The van der Waals surface area contributed by atoms with Crippen LogP contribution in [0.5, 0.6) is 5.88 Å². The molecule has 0 bridgehead atoms. The Kier molecular flexibility index (Phi) is 4.55. The molecule has 0 unspecified atom stereocenters. The average Bonchev–Trinajstić information content (AvgIpc) is 2.45. The zero-order valence-electron chi connectivity index (χ0n) is 11.5. The van der Waals surface area contributed by atoms with E-state index in [4.69, 9.17) is 4.74 Å². The molecular formula is C15H17N3O2. The Hall–Kier alpha value is -2.56. The molecule has 1 aromatic heterocycles. The summed E-state index contributed by atoms with van der Waals surface area (Å²) >= 11 is 0. The van der Waals surface area contributed by atoms with Crippen LogP contribution in [-0.2, 0) is 11.3 Å². The molecule has 1 amide bonds. The van der Waals surface area contributed by atoms with Crippen molar-refractivity contribution in [2.45, 2.75) is 13.5 Å². The predicted octanol–water partition coefficient (Wildman–Crippen LogP) is 2.66. The molecule has 0 aliphatic heterocycles. The fourth-order valence-electron chi connectivity index (χ4n) is 1.75. The van der Waals surface area contributed by atoms with Crippen LogP contribution in [0.3, 0.4) is 0 Å². The number of hydrogen-bond donors (Lipinski definition) is 2. The third kappa shape index (κ3) is 3.98. The second-order valence-corrected chi connectivity index (χ2v) is 4.32. The Balaban J connectivity index is 1.97. The number of amides is 1. The van der Waals surface area contributed by atoms with Crippen molar-refractivity contribution < 1.29 is 9.53 Å². The number of ether oxygens (including phenoxy) is 1. The molecule has 5 heteroatoms. The number of benzene rings is 1. The highest BCUT2D eigenvalue weighted by Gasteiger charge is 1.99. The van der Waals surface area contributed by atoms with E-state index in [-0.39, 0.29) is 5.91 Å². The lowest BCUT2D eigenvalue weighted by Gasteiger charge is -2.09. The Bertz CT molecular complexity index is 582. The largest absolute Gasteiger partial charge is 0.481 e. The van der Waals surface area contributed by atoms with E-state index in [0.29, 0.717) is 12.4 Å². The number of aromatic nitrogens is 1. The number of carbonyl (C=O) groups excluding carboxylic acids is 1. The summed E-state index contributed by atoms with van der Waals surface area (Å²) in [4.78, 5) is 15.2. The molecule has 0 saturated heterocycles. The van der Waals surface area contributed by atoms with Crippen molar-refractivity contribution >= 4 is 17.3 Å². The van der Waals surface area contributed by atoms with Crippen molar-refractivity contribution in [3.63, 3.8) is 0 Å². The minimum Gasteiger partial charge on any atom is -0.481 e. The summed E-state index contributed by atoms with van der Waals surface area (Å²) in [5.41, 5.74) is 2.76. The number of anilines is 2. The highest BCUT2D eigenvalue weighted by atomic mass is 16.5. The van der Waals surface area contributed by atoms with Gasteiger partial charge in [0.05, 0.1) is 7.11 Å². The summed E-state index contributed by atoms with van der Waals surface area (Å²) in [7, 11) is 1.59. The van der Waals surface area contributed by atoms with E-state index in [9.17, 15) is 4.79 Å². The summed E-state index contributed by atoms with van der Waals surface area (Å²) < 4.78 is 5.01. The van der Waals surface area contributed by atoms with E-state index in [2.05, 4.69) is 15.6 Å². The minimum absolute atomic E-state index is 0.0819. The molecule has 2 rings (SSSR count). The van der Waals surface area contributed by atoms with Gasteiger partial charge in [0.25, 0.3) is 0 Å². The van der Waals surface area contributed by atoms with E-state index < -0.39 is 0 Å². The summed E-state index contributed by atoms with van der Waals surface area (Å²) in [5.74, 6) is 0.517. The van der Waals surface area contributed by atoms with Gasteiger partial charge >= 0.3 is 0 Å². The molecule has 1 heterocycles. The summed E-state index contributed by atoms with van der Waals surface area (Å²) in [6, 6.07) is 11.4. The quantitative estimate of drug-likeness (QED) is 0.877. The lowest BCUT2D eigenvalue weighted by atomic mass is 10.2. The fourth-order valence-corrected chi connectivity index (χ4v) is 1.75. The molecule has 0 fully saturated rings. The van der Waals surface area contributed by atoms with E-state index in [1.165, 1.54) is 6.92 Å². The van der Waals surface area contributed by atoms with Gasteiger partial charge in [-0.25, -0.2) is 4.98 Å². The van der Waals surface area contributed by atoms with E-state index in [0.717, 1.165) is 16.9 Å². The van der Waals surface area contributed by atoms with Crippen LogP contribution >= 0.6 is 0 Å². The van der Waals surface area contributed by atoms with Crippen molar-refractivity contribution in [1.82, 2.24) is 4.98 Å². The lowest BCUT2D eigenvalue weighted by Crippen LogP contribution is -2.06. The Morgan fingerprint density at radius 3 is 2.70 bits per heavy atom. The van der Waals surface area contributed by atoms with Crippen LogP contribution in [0.1, 0.15) is 12.5 Å². The van der Waals surface area contributed by atoms with Gasteiger partial charge in [-0.3, -0.25) is 4.79 Å². The molecule has 0 spiro atoms. The van der Waals surface area contributed by atoms with Crippen molar-refractivity contribution in [3.8, 4) is 5.88 Å². The van der Waals surface area contributed by atoms with E-state index in [1.54, 1.807) is 13.3 Å². The van der Waals surface area contributed by atoms with Crippen LogP contribution in [0.4, 0.5) is 11.4 Å². The number of nitrogens with zero attached hydrogens (tertiary/aromatic N) is 1. The fraction of sp³-hybridized carbons (Fsp3) is 0.200. The minimum atomic E-state index is -0.0819. The molecule has 2 aromatic rings. The van der Waals surface area contributed by atoms with Gasteiger partial charge < -0.3 is 15.4 Å². The molecule has 0 aliphatic carbocycles. The summed E-state index contributed by atoms with van der Waals surface area (Å²) in [6.07, 6.45) is 1.77. The molecule has 0 saturated carbocycles. The molecule has 0 radical (unpaired) electrons. The number of pyridine rings is 1. The van der Waals surface area contributed by atoms with Crippen molar-refractivity contribution in [3.05, 3.63) is 48.2 Å².